The molecule has 0 bridgehead atoms. The number of halogens is 1. The Morgan fingerprint density at radius 3 is 2.29 bits per heavy atom. The van der Waals surface area contributed by atoms with E-state index in [1.807, 2.05) is 0 Å². The third-order valence-electron chi connectivity index (χ3n) is 4.17. The molecule has 0 heterocycles. The molecule has 0 aromatic heterocycles. The first kappa shape index (κ1) is 22.2. The van der Waals surface area contributed by atoms with Gasteiger partial charge >= 0.3 is 0 Å². The number of ether oxygens (including phenoxy) is 1. The Morgan fingerprint density at radius 2 is 1.71 bits per heavy atom. The molecule has 0 saturated carbocycles. The second-order valence-corrected chi connectivity index (χ2v) is 9.01. The van der Waals surface area contributed by atoms with Gasteiger partial charge in [0.05, 0.1) is 4.90 Å². The number of hydrogen-bond acceptors (Lipinski definition) is 4. The number of rotatable bonds is 8. The Balaban J connectivity index is 2.18. The third-order valence-corrected chi connectivity index (χ3v) is 6.47. The lowest BCUT2D eigenvalue weighted by Crippen LogP contribution is -2.42. The summed E-state index contributed by atoms with van der Waals surface area (Å²) in [7, 11) is -3.61. The van der Waals surface area contributed by atoms with Gasteiger partial charge in [0.1, 0.15) is 5.75 Å². The lowest BCUT2D eigenvalue weighted by Gasteiger charge is -2.25. The molecule has 0 aliphatic carbocycles. The molecule has 2 aromatic rings. The standard InChI is InChI=1S/C20H25ClN2O4S/c1-5-23(6-2)28(25,26)18-9-7-8-16(14-18)22-19(24)20(3,4)27-17-12-10-15(21)11-13-17/h7-14H,5-6H2,1-4H3,(H,22,24). The van der Waals surface area contributed by atoms with Crippen molar-refractivity contribution >= 4 is 33.2 Å². The zero-order chi connectivity index (χ0) is 20.9. The van der Waals surface area contributed by atoms with Gasteiger partial charge in [-0.3, -0.25) is 4.79 Å². The molecule has 2 aromatic carbocycles. The fraction of sp³-hybridized carbons (Fsp3) is 0.350. The fourth-order valence-corrected chi connectivity index (χ4v) is 4.20. The maximum absolute atomic E-state index is 12.7. The predicted octanol–water partition coefficient (Wildman–Crippen LogP) is 4.17. The summed E-state index contributed by atoms with van der Waals surface area (Å²) >= 11 is 5.86. The van der Waals surface area contributed by atoms with Gasteiger partial charge in [-0.2, -0.15) is 4.31 Å². The van der Waals surface area contributed by atoms with E-state index in [4.69, 9.17) is 16.3 Å². The number of benzene rings is 2. The van der Waals surface area contributed by atoms with Crippen molar-refractivity contribution in [3.05, 3.63) is 53.6 Å². The molecule has 0 radical (unpaired) electrons. The Kier molecular flexibility index (Phi) is 7.09. The zero-order valence-corrected chi connectivity index (χ0v) is 18.0. The first-order valence-corrected chi connectivity index (χ1v) is 10.8. The molecule has 0 spiro atoms. The van der Waals surface area contributed by atoms with Gasteiger partial charge in [-0.1, -0.05) is 31.5 Å². The van der Waals surface area contributed by atoms with Gasteiger partial charge in [-0.15, -0.1) is 0 Å². The first-order valence-electron chi connectivity index (χ1n) is 8.96. The maximum atomic E-state index is 12.7. The van der Waals surface area contributed by atoms with Crippen molar-refractivity contribution in [1.82, 2.24) is 4.31 Å². The maximum Gasteiger partial charge on any atom is 0.267 e. The molecule has 1 amide bonds. The van der Waals surface area contributed by atoms with Gasteiger partial charge in [0, 0.05) is 23.8 Å². The summed E-state index contributed by atoms with van der Waals surface area (Å²) in [5.41, 5.74) is -0.798. The number of nitrogens with one attached hydrogen (secondary N) is 1. The average Bonchev–Trinajstić information content (AvgIpc) is 2.64. The lowest BCUT2D eigenvalue weighted by molar-refractivity contribution is -0.128. The van der Waals surface area contributed by atoms with Crippen LogP contribution < -0.4 is 10.1 Å². The van der Waals surface area contributed by atoms with E-state index in [9.17, 15) is 13.2 Å². The summed E-state index contributed by atoms with van der Waals surface area (Å²) in [5.74, 6) is 0.0993. The van der Waals surface area contributed by atoms with Crippen molar-refractivity contribution in [2.45, 2.75) is 38.2 Å². The molecular formula is C20H25ClN2O4S. The number of carbonyl (C=O) groups is 1. The fourth-order valence-electron chi connectivity index (χ4n) is 2.57. The van der Waals surface area contributed by atoms with Crippen LogP contribution in [-0.4, -0.2) is 37.3 Å². The van der Waals surface area contributed by atoms with Crippen molar-refractivity contribution in [3.63, 3.8) is 0 Å². The Labute approximate surface area is 171 Å². The van der Waals surface area contributed by atoms with Crippen LogP contribution in [0.5, 0.6) is 5.75 Å². The third kappa shape index (κ3) is 5.25. The molecular weight excluding hydrogens is 400 g/mol. The van der Waals surface area contributed by atoms with Crippen LogP contribution in [0.25, 0.3) is 0 Å². The highest BCUT2D eigenvalue weighted by Gasteiger charge is 2.30. The van der Waals surface area contributed by atoms with E-state index in [1.165, 1.54) is 16.4 Å². The van der Waals surface area contributed by atoms with Crippen LogP contribution in [0.15, 0.2) is 53.4 Å². The SMILES string of the molecule is CCN(CC)S(=O)(=O)c1cccc(NC(=O)C(C)(C)Oc2ccc(Cl)cc2)c1. The highest BCUT2D eigenvalue weighted by atomic mass is 35.5. The number of amides is 1. The summed E-state index contributed by atoms with van der Waals surface area (Å²) in [6, 6.07) is 12.9. The molecule has 152 valence electrons. The summed E-state index contributed by atoms with van der Waals surface area (Å²) in [5, 5.41) is 3.30. The Morgan fingerprint density at radius 1 is 1.11 bits per heavy atom. The Hall–Kier alpha value is -2.09. The summed E-state index contributed by atoms with van der Waals surface area (Å²) < 4.78 is 32.5. The molecule has 28 heavy (non-hydrogen) atoms. The number of anilines is 1. The van der Waals surface area contributed by atoms with E-state index in [-0.39, 0.29) is 4.90 Å². The highest BCUT2D eigenvalue weighted by Crippen LogP contribution is 2.24. The Bertz CT molecular complexity index is 923. The van der Waals surface area contributed by atoms with E-state index < -0.39 is 21.5 Å². The van der Waals surface area contributed by atoms with Crippen molar-refractivity contribution in [3.8, 4) is 5.75 Å². The van der Waals surface area contributed by atoms with Crippen molar-refractivity contribution in [2.75, 3.05) is 18.4 Å². The topological polar surface area (TPSA) is 75.7 Å². The van der Waals surface area contributed by atoms with Crippen molar-refractivity contribution in [1.29, 1.82) is 0 Å². The molecule has 0 fully saturated rings. The molecule has 2 rings (SSSR count). The number of hydrogen-bond donors (Lipinski definition) is 1. The molecule has 0 aliphatic rings. The van der Waals surface area contributed by atoms with Crippen LogP contribution >= 0.6 is 11.6 Å². The average molecular weight is 425 g/mol. The normalized spacial score (nSPS) is 12.1. The summed E-state index contributed by atoms with van der Waals surface area (Å²) in [6.07, 6.45) is 0. The predicted molar refractivity (Wildman–Crippen MR) is 111 cm³/mol. The van der Waals surface area contributed by atoms with Crippen LogP contribution in [0.4, 0.5) is 5.69 Å². The molecule has 0 aliphatic heterocycles. The number of carbonyl (C=O) groups excluding carboxylic acids is 1. The smallest absolute Gasteiger partial charge is 0.267 e. The van der Waals surface area contributed by atoms with Gasteiger partial charge in [0.2, 0.25) is 10.0 Å². The molecule has 0 saturated heterocycles. The molecule has 8 heteroatoms. The quantitative estimate of drug-likeness (QED) is 0.690. The zero-order valence-electron chi connectivity index (χ0n) is 16.4. The molecule has 1 N–H and O–H groups in total. The second-order valence-electron chi connectivity index (χ2n) is 6.64. The van der Waals surface area contributed by atoms with Crippen LogP contribution in [0, 0.1) is 0 Å². The van der Waals surface area contributed by atoms with Crippen molar-refractivity contribution < 1.29 is 17.9 Å². The lowest BCUT2D eigenvalue weighted by atomic mass is 10.1. The first-order chi connectivity index (χ1) is 13.1. The van der Waals surface area contributed by atoms with Gasteiger partial charge in [-0.05, 0) is 56.3 Å². The second kappa shape index (κ2) is 8.94. The molecule has 6 nitrogen and oxygen atoms in total. The minimum Gasteiger partial charge on any atom is -0.478 e. The number of sulfonamides is 1. The monoisotopic (exact) mass is 424 g/mol. The van der Waals surface area contributed by atoms with E-state index >= 15 is 0 Å². The minimum absolute atomic E-state index is 0.130. The molecule has 0 unspecified atom stereocenters. The van der Waals surface area contributed by atoms with E-state index in [2.05, 4.69) is 5.32 Å². The summed E-state index contributed by atoms with van der Waals surface area (Å²) in [6.45, 7) is 7.57. The molecule has 0 atom stereocenters. The van der Waals surface area contributed by atoms with Crippen LogP contribution in [0.3, 0.4) is 0 Å². The highest BCUT2D eigenvalue weighted by molar-refractivity contribution is 7.89. The van der Waals surface area contributed by atoms with Gasteiger partial charge < -0.3 is 10.1 Å². The van der Waals surface area contributed by atoms with Gasteiger partial charge in [0.15, 0.2) is 5.60 Å². The van der Waals surface area contributed by atoms with Crippen LogP contribution in [-0.2, 0) is 14.8 Å². The van der Waals surface area contributed by atoms with Crippen LogP contribution in [0.2, 0.25) is 5.02 Å². The summed E-state index contributed by atoms with van der Waals surface area (Å²) in [4.78, 5) is 12.8. The van der Waals surface area contributed by atoms with Crippen LogP contribution in [0.1, 0.15) is 27.7 Å². The van der Waals surface area contributed by atoms with E-state index in [0.29, 0.717) is 29.5 Å². The van der Waals surface area contributed by atoms with Gasteiger partial charge in [0.25, 0.3) is 5.91 Å². The van der Waals surface area contributed by atoms with Gasteiger partial charge in [-0.25, -0.2) is 8.42 Å². The van der Waals surface area contributed by atoms with E-state index in [1.54, 1.807) is 64.1 Å². The number of nitrogens with zero attached hydrogens (tertiary/aromatic N) is 1. The largest absolute Gasteiger partial charge is 0.478 e. The van der Waals surface area contributed by atoms with E-state index in [0.717, 1.165) is 0 Å². The minimum atomic E-state index is -3.61. The van der Waals surface area contributed by atoms with Crippen molar-refractivity contribution in [2.24, 2.45) is 0 Å².